The normalized spacial score (nSPS) is 23.3. The zero-order chi connectivity index (χ0) is 26.7. The van der Waals surface area contributed by atoms with Crippen molar-refractivity contribution in [2.45, 2.75) is 95.5 Å². The van der Waals surface area contributed by atoms with Gasteiger partial charge in [-0.1, -0.05) is 32.3 Å². The summed E-state index contributed by atoms with van der Waals surface area (Å²) in [5.74, 6) is -0.761. The van der Waals surface area contributed by atoms with Crippen LogP contribution in [0.3, 0.4) is 0 Å². The lowest BCUT2D eigenvalue weighted by Gasteiger charge is -2.35. The van der Waals surface area contributed by atoms with Crippen molar-refractivity contribution in [3.8, 4) is 0 Å². The number of hydrogen-bond donors (Lipinski definition) is 5. The van der Waals surface area contributed by atoms with Crippen molar-refractivity contribution >= 4 is 36.2 Å². The maximum absolute atomic E-state index is 13.7. The van der Waals surface area contributed by atoms with Gasteiger partial charge in [-0.2, -0.15) is 0 Å². The molecule has 2 aliphatic heterocycles. The lowest BCUT2D eigenvalue weighted by Crippen LogP contribution is -2.57. The molecule has 2 saturated heterocycles. The summed E-state index contributed by atoms with van der Waals surface area (Å²) in [6, 6.07) is 5.34. The predicted octanol–water partition coefficient (Wildman–Crippen LogP) is 3.18. The molecule has 0 spiro atoms. The van der Waals surface area contributed by atoms with Crippen LogP contribution in [0.2, 0.25) is 0 Å². The summed E-state index contributed by atoms with van der Waals surface area (Å²) in [7, 11) is -4.21. The molecular weight excluding hydrogens is 495 g/mol. The van der Waals surface area contributed by atoms with Crippen molar-refractivity contribution < 1.29 is 28.7 Å². The Hall–Kier alpha value is -2.68. The van der Waals surface area contributed by atoms with E-state index in [0.29, 0.717) is 29.3 Å². The molecule has 11 heteroatoms. The third-order valence-corrected chi connectivity index (χ3v) is 8.15. The van der Waals surface area contributed by atoms with Crippen LogP contribution in [0.25, 0.3) is 10.9 Å². The SMILES string of the molecule is CCCC(C)NC(=O)C1CCC2CCCCC(NC(=O)c3cc4cc(CP(=O)(O)O)ccc4[nH]3)C(=O)N21. The molecule has 4 atom stereocenters. The van der Waals surface area contributed by atoms with Gasteiger partial charge in [-0.25, -0.2) is 0 Å². The summed E-state index contributed by atoms with van der Waals surface area (Å²) < 4.78 is 11.3. The summed E-state index contributed by atoms with van der Waals surface area (Å²) in [6.07, 6.45) is 5.96. The molecule has 3 amide bonds. The van der Waals surface area contributed by atoms with Crippen LogP contribution in [0.1, 0.15) is 81.3 Å². The number of hydrogen-bond acceptors (Lipinski definition) is 4. The van der Waals surface area contributed by atoms with Crippen molar-refractivity contribution in [3.63, 3.8) is 0 Å². The molecule has 0 bridgehead atoms. The Morgan fingerprint density at radius 2 is 1.92 bits per heavy atom. The van der Waals surface area contributed by atoms with E-state index in [0.717, 1.165) is 38.5 Å². The molecule has 2 aromatic rings. The molecule has 2 fully saturated rings. The number of carbonyl (C=O) groups excluding carboxylic acids is 3. The van der Waals surface area contributed by atoms with Crippen LogP contribution >= 0.6 is 7.60 Å². The van der Waals surface area contributed by atoms with E-state index in [1.54, 1.807) is 29.2 Å². The molecule has 0 aliphatic carbocycles. The molecule has 4 rings (SSSR count). The third-order valence-electron chi connectivity index (χ3n) is 7.37. The van der Waals surface area contributed by atoms with Crippen molar-refractivity contribution in [1.29, 1.82) is 0 Å². The van der Waals surface area contributed by atoms with Crippen LogP contribution in [0.5, 0.6) is 0 Å². The first kappa shape index (κ1) is 27.4. The number of amides is 3. The molecule has 4 unspecified atom stereocenters. The van der Waals surface area contributed by atoms with Gasteiger partial charge in [0.1, 0.15) is 17.8 Å². The number of benzene rings is 1. The summed E-state index contributed by atoms with van der Waals surface area (Å²) >= 11 is 0. The molecule has 1 aromatic carbocycles. The van der Waals surface area contributed by atoms with Gasteiger partial charge in [-0.3, -0.25) is 18.9 Å². The number of aromatic amines is 1. The van der Waals surface area contributed by atoms with E-state index in [4.69, 9.17) is 0 Å². The number of rotatable bonds is 8. The van der Waals surface area contributed by atoms with Gasteiger partial charge in [0.2, 0.25) is 11.8 Å². The van der Waals surface area contributed by atoms with E-state index >= 15 is 0 Å². The molecule has 0 saturated carbocycles. The average Bonchev–Trinajstić information content (AvgIpc) is 3.42. The van der Waals surface area contributed by atoms with Gasteiger partial charge in [-0.15, -0.1) is 0 Å². The van der Waals surface area contributed by atoms with Gasteiger partial charge in [0, 0.05) is 23.0 Å². The molecule has 1 aromatic heterocycles. The minimum atomic E-state index is -4.21. The maximum atomic E-state index is 13.7. The molecule has 3 heterocycles. The Balaban J connectivity index is 1.49. The second-order valence-corrected chi connectivity index (χ2v) is 12.1. The monoisotopic (exact) mass is 532 g/mol. The predicted molar refractivity (Wildman–Crippen MR) is 140 cm³/mol. The minimum absolute atomic E-state index is 0.00459. The Labute approximate surface area is 216 Å². The highest BCUT2D eigenvalue weighted by molar-refractivity contribution is 7.50. The molecule has 202 valence electrons. The van der Waals surface area contributed by atoms with Crippen LogP contribution in [0, 0.1) is 0 Å². The van der Waals surface area contributed by atoms with Gasteiger partial charge in [0.05, 0.1) is 6.16 Å². The van der Waals surface area contributed by atoms with Gasteiger partial charge in [0.15, 0.2) is 0 Å². The molecule has 2 aliphatic rings. The number of aromatic nitrogens is 1. The molecule has 0 radical (unpaired) electrons. The molecule has 5 N–H and O–H groups in total. The van der Waals surface area contributed by atoms with Gasteiger partial charge in [-0.05, 0) is 62.8 Å². The number of carbonyl (C=O) groups is 3. The maximum Gasteiger partial charge on any atom is 0.329 e. The van der Waals surface area contributed by atoms with E-state index in [2.05, 4.69) is 22.5 Å². The fourth-order valence-corrected chi connectivity index (χ4v) is 6.32. The first-order valence-corrected chi connectivity index (χ1v) is 14.9. The fourth-order valence-electron chi connectivity index (χ4n) is 5.64. The topological polar surface area (TPSA) is 152 Å². The first-order chi connectivity index (χ1) is 17.6. The minimum Gasteiger partial charge on any atom is -0.352 e. The average molecular weight is 533 g/mol. The third kappa shape index (κ3) is 6.61. The van der Waals surface area contributed by atoms with Crippen molar-refractivity contribution in [2.75, 3.05) is 0 Å². The second kappa shape index (κ2) is 11.4. The van der Waals surface area contributed by atoms with Gasteiger partial charge in [0.25, 0.3) is 5.91 Å². The lowest BCUT2D eigenvalue weighted by molar-refractivity contribution is -0.143. The Morgan fingerprint density at radius 3 is 2.65 bits per heavy atom. The van der Waals surface area contributed by atoms with E-state index in [1.807, 2.05) is 6.92 Å². The fraction of sp³-hybridized carbons (Fsp3) is 0.577. The Kier molecular flexibility index (Phi) is 8.41. The van der Waals surface area contributed by atoms with E-state index < -0.39 is 25.6 Å². The van der Waals surface area contributed by atoms with E-state index in [-0.39, 0.29) is 35.8 Å². The van der Waals surface area contributed by atoms with Crippen molar-refractivity contribution in [1.82, 2.24) is 20.5 Å². The van der Waals surface area contributed by atoms with Gasteiger partial charge < -0.3 is 30.3 Å². The van der Waals surface area contributed by atoms with Crippen molar-refractivity contribution in [2.24, 2.45) is 0 Å². The smallest absolute Gasteiger partial charge is 0.329 e. The summed E-state index contributed by atoms with van der Waals surface area (Å²) in [6.45, 7) is 4.04. The Bertz CT molecular complexity index is 1210. The quantitative estimate of drug-likeness (QED) is 0.329. The zero-order valence-corrected chi connectivity index (χ0v) is 22.3. The van der Waals surface area contributed by atoms with Crippen LogP contribution in [0.15, 0.2) is 24.3 Å². The Morgan fingerprint density at radius 1 is 1.16 bits per heavy atom. The summed E-state index contributed by atoms with van der Waals surface area (Å²) in [5.41, 5.74) is 1.39. The number of H-pyrrole nitrogens is 1. The largest absolute Gasteiger partial charge is 0.352 e. The van der Waals surface area contributed by atoms with Crippen molar-refractivity contribution in [3.05, 3.63) is 35.5 Å². The van der Waals surface area contributed by atoms with Crippen LogP contribution in [-0.2, 0) is 20.3 Å². The van der Waals surface area contributed by atoms with Crippen LogP contribution < -0.4 is 10.6 Å². The standard InChI is InChI=1S/C26H37N4O6P/c1-3-6-16(2)27-25(32)23-12-10-19-7-4-5-8-21(26(33)30(19)23)29-24(31)22-14-18-13-17(15-37(34,35)36)9-11-20(18)28-22/h9,11,13-14,16,19,21,23,28H,3-8,10,12,15H2,1-2H3,(H,27,32)(H,29,31)(H2,34,35,36). The van der Waals surface area contributed by atoms with E-state index in [1.165, 1.54) is 0 Å². The van der Waals surface area contributed by atoms with Gasteiger partial charge >= 0.3 is 7.60 Å². The highest BCUT2D eigenvalue weighted by Gasteiger charge is 2.44. The molecule has 37 heavy (non-hydrogen) atoms. The number of nitrogens with zero attached hydrogens (tertiary/aromatic N) is 1. The summed E-state index contributed by atoms with van der Waals surface area (Å²) in [5, 5.41) is 6.59. The summed E-state index contributed by atoms with van der Waals surface area (Å²) in [4.78, 5) is 63.1. The molecule has 10 nitrogen and oxygen atoms in total. The number of nitrogens with one attached hydrogen (secondary N) is 3. The van der Waals surface area contributed by atoms with E-state index in [9.17, 15) is 28.7 Å². The second-order valence-electron chi connectivity index (χ2n) is 10.4. The zero-order valence-electron chi connectivity index (χ0n) is 21.4. The molecular formula is C26H37N4O6P. The number of fused-ring (bicyclic) bond motifs is 2. The van der Waals surface area contributed by atoms with Crippen LogP contribution in [-0.4, -0.2) is 61.6 Å². The highest BCUT2D eigenvalue weighted by Crippen LogP contribution is 2.39. The van der Waals surface area contributed by atoms with Crippen LogP contribution in [0.4, 0.5) is 0 Å². The first-order valence-electron chi connectivity index (χ1n) is 13.2. The highest BCUT2D eigenvalue weighted by atomic mass is 31.2. The lowest BCUT2D eigenvalue weighted by atomic mass is 9.98.